The van der Waals surface area contributed by atoms with Crippen LogP contribution in [-0.2, 0) is 6.54 Å². The molecule has 0 saturated carbocycles. The summed E-state index contributed by atoms with van der Waals surface area (Å²) in [6.07, 6.45) is 5.41. The van der Waals surface area contributed by atoms with E-state index in [0.717, 1.165) is 36.4 Å². The monoisotopic (exact) mass is 369 g/mol. The molecule has 148 valence electrons. The number of furan rings is 1. The second-order valence-electron chi connectivity index (χ2n) is 8.59. The van der Waals surface area contributed by atoms with E-state index in [1.54, 1.807) is 0 Å². The second-order valence-corrected chi connectivity index (χ2v) is 8.59. The Bertz CT molecular complexity index is 678. The van der Waals surface area contributed by atoms with Crippen LogP contribution in [0.15, 0.2) is 34.7 Å². The summed E-state index contributed by atoms with van der Waals surface area (Å²) in [5.41, 5.74) is 1.01. The van der Waals surface area contributed by atoms with Crippen molar-refractivity contribution >= 4 is 11.0 Å². The smallest absolute Gasteiger partial charge is 0.134 e. The fraction of sp³-hybridized carbons (Fsp3) is 0.652. The van der Waals surface area contributed by atoms with Gasteiger partial charge in [0, 0.05) is 18.0 Å². The van der Waals surface area contributed by atoms with Crippen LogP contribution in [0.2, 0.25) is 0 Å². The SMILES string of the molecule is CCN(Cc1cc2ccccc2o1)CC1CCN(C2CCN(C)CC2)CC1. The maximum absolute atomic E-state index is 6.04. The summed E-state index contributed by atoms with van der Waals surface area (Å²) in [5, 5.41) is 1.22. The third-order valence-electron chi connectivity index (χ3n) is 6.67. The molecule has 0 spiro atoms. The number of nitrogens with zero attached hydrogens (tertiary/aromatic N) is 3. The fourth-order valence-corrected chi connectivity index (χ4v) is 4.87. The van der Waals surface area contributed by atoms with Crippen LogP contribution in [0.1, 0.15) is 38.4 Å². The molecule has 0 bridgehead atoms. The Labute approximate surface area is 164 Å². The lowest BCUT2D eigenvalue weighted by Gasteiger charge is -2.41. The molecule has 0 atom stereocenters. The molecule has 2 saturated heterocycles. The van der Waals surface area contributed by atoms with Crippen LogP contribution < -0.4 is 0 Å². The molecule has 0 radical (unpaired) electrons. The van der Waals surface area contributed by atoms with Crippen LogP contribution in [0.4, 0.5) is 0 Å². The maximum atomic E-state index is 6.04. The number of likely N-dealkylation sites (tertiary alicyclic amines) is 2. The highest BCUT2D eigenvalue weighted by atomic mass is 16.3. The number of para-hydroxylation sites is 1. The van der Waals surface area contributed by atoms with E-state index in [0.29, 0.717) is 0 Å². The molecule has 27 heavy (non-hydrogen) atoms. The molecule has 3 heterocycles. The van der Waals surface area contributed by atoms with Gasteiger partial charge in [-0.15, -0.1) is 0 Å². The lowest BCUT2D eigenvalue weighted by molar-refractivity contribution is 0.0738. The number of rotatable bonds is 6. The molecule has 2 fully saturated rings. The van der Waals surface area contributed by atoms with Crippen molar-refractivity contribution in [1.29, 1.82) is 0 Å². The minimum atomic E-state index is 0.830. The second kappa shape index (κ2) is 8.76. The van der Waals surface area contributed by atoms with E-state index in [4.69, 9.17) is 4.42 Å². The van der Waals surface area contributed by atoms with Crippen LogP contribution in [0.25, 0.3) is 11.0 Å². The van der Waals surface area contributed by atoms with Crippen molar-refractivity contribution in [3.8, 4) is 0 Å². The van der Waals surface area contributed by atoms with Gasteiger partial charge in [-0.05, 0) is 83.5 Å². The molecule has 2 aromatic rings. The van der Waals surface area contributed by atoms with Gasteiger partial charge in [-0.3, -0.25) is 4.90 Å². The first-order valence-electron chi connectivity index (χ1n) is 10.8. The quantitative estimate of drug-likeness (QED) is 0.766. The highest BCUT2D eigenvalue weighted by molar-refractivity contribution is 5.77. The molecule has 1 aromatic carbocycles. The first-order valence-corrected chi connectivity index (χ1v) is 10.8. The van der Waals surface area contributed by atoms with Gasteiger partial charge in [-0.2, -0.15) is 0 Å². The standard InChI is InChI=1S/C23H35N3O/c1-3-25(18-22-16-20-6-4-5-7-23(20)27-22)17-19-8-14-26(15-9-19)21-10-12-24(2)13-11-21/h4-7,16,19,21H,3,8-15,17-18H2,1-2H3. The molecule has 1 aromatic heterocycles. The van der Waals surface area contributed by atoms with Gasteiger partial charge in [0.25, 0.3) is 0 Å². The Kier molecular flexibility index (Phi) is 6.16. The highest BCUT2D eigenvalue weighted by Crippen LogP contribution is 2.25. The summed E-state index contributed by atoms with van der Waals surface area (Å²) in [7, 11) is 2.25. The van der Waals surface area contributed by atoms with Crippen LogP contribution >= 0.6 is 0 Å². The van der Waals surface area contributed by atoms with E-state index in [-0.39, 0.29) is 0 Å². The van der Waals surface area contributed by atoms with E-state index in [1.165, 1.54) is 63.8 Å². The van der Waals surface area contributed by atoms with Gasteiger partial charge in [0.15, 0.2) is 0 Å². The normalized spacial score (nSPS) is 21.4. The van der Waals surface area contributed by atoms with Crippen molar-refractivity contribution in [1.82, 2.24) is 14.7 Å². The molecule has 2 aliphatic heterocycles. The first-order chi connectivity index (χ1) is 13.2. The minimum absolute atomic E-state index is 0.830. The lowest BCUT2D eigenvalue weighted by atomic mass is 9.93. The Balaban J connectivity index is 1.27. The van der Waals surface area contributed by atoms with Crippen molar-refractivity contribution in [2.45, 2.75) is 45.2 Å². The number of hydrogen-bond donors (Lipinski definition) is 0. The van der Waals surface area contributed by atoms with Gasteiger partial charge < -0.3 is 14.2 Å². The van der Waals surface area contributed by atoms with Crippen LogP contribution in [0, 0.1) is 5.92 Å². The predicted molar refractivity (Wildman–Crippen MR) is 112 cm³/mol. The van der Waals surface area contributed by atoms with Gasteiger partial charge in [-0.25, -0.2) is 0 Å². The van der Waals surface area contributed by atoms with Gasteiger partial charge in [-0.1, -0.05) is 25.1 Å². The Hall–Kier alpha value is -1.36. The van der Waals surface area contributed by atoms with Crippen molar-refractivity contribution in [2.75, 3.05) is 46.3 Å². The highest BCUT2D eigenvalue weighted by Gasteiger charge is 2.28. The zero-order valence-corrected chi connectivity index (χ0v) is 17.1. The van der Waals surface area contributed by atoms with Gasteiger partial charge >= 0.3 is 0 Å². The number of benzene rings is 1. The molecular weight excluding hydrogens is 334 g/mol. The number of piperidine rings is 2. The molecule has 0 N–H and O–H groups in total. The summed E-state index contributed by atoms with van der Waals surface area (Å²) in [6, 6.07) is 11.4. The molecule has 0 unspecified atom stereocenters. The molecule has 2 aliphatic rings. The molecule has 4 nitrogen and oxygen atoms in total. The zero-order valence-electron chi connectivity index (χ0n) is 17.1. The fourth-order valence-electron chi connectivity index (χ4n) is 4.87. The van der Waals surface area contributed by atoms with Crippen molar-refractivity contribution in [3.05, 3.63) is 36.1 Å². The number of fused-ring (bicyclic) bond motifs is 1. The molecule has 4 rings (SSSR count). The number of hydrogen-bond acceptors (Lipinski definition) is 4. The van der Waals surface area contributed by atoms with Crippen molar-refractivity contribution in [2.24, 2.45) is 5.92 Å². The van der Waals surface area contributed by atoms with Crippen LogP contribution in [0.3, 0.4) is 0 Å². The molecule has 0 amide bonds. The van der Waals surface area contributed by atoms with E-state index in [9.17, 15) is 0 Å². The van der Waals surface area contributed by atoms with Crippen LogP contribution in [0.5, 0.6) is 0 Å². The minimum Gasteiger partial charge on any atom is -0.460 e. The third-order valence-corrected chi connectivity index (χ3v) is 6.67. The third kappa shape index (κ3) is 4.74. The topological polar surface area (TPSA) is 22.9 Å². The Morgan fingerprint density at radius 3 is 2.48 bits per heavy atom. The summed E-state index contributed by atoms with van der Waals surface area (Å²) in [6.45, 7) is 10.6. The summed E-state index contributed by atoms with van der Waals surface area (Å²) < 4.78 is 6.04. The zero-order chi connectivity index (χ0) is 18.6. The largest absolute Gasteiger partial charge is 0.460 e. The first kappa shape index (κ1) is 19.0. The van der Waals surface area contributed by atoms with Crippen molar-refractivity contribution in [3.63, 3.8) is 0 Å². The lowest BCUT2D eigenvalue weighted by Crippen LogP contribution is -2.47. The maximum Gasteiger partial charge on any atom is 0.134 e. The molecule has 0 aliphatic carbocycles. The molecule has 4 heteroatoms. The molecular formula is C23H35N3O. The predicted octanol–water partition coefficient (Wildman–Crippen LogP) is 4.06. The van der Waals surface area contributed by atoms with Gasteiger partial charge in [0.05, 0.1) is 6.54 Å². The average Bonchev–Trinajstić information content (AvgIpc) is 3.11. The van der Waals surface area contributed by atoms with E-state index in [1.807, 2.05) is 6.07 Å². The summed E-state index contributed by atoms with van der Waals surface area (Å²) in [5.74, 6) is 1.93. The average molecular weight is 370 g/mol. The van der Waals surface area contributed by atoms with Gasteiger partial charge in [0.1, 0.15) is 11.3 Å². The Morgan fingerprint density at radius 1 is 1.04 bits per heavy atom. The van der Waals surface area contributed by atoms with E-state index < -0.39 is 0 Å². The van der Waals surface area contributed by atoms with E-state index >= 15 is 0 Å². The Morgan fingerprint density at radius 2 is 1.78 bits per heavy atom. The van der Waals surface area contributed by atoms with Crippen molar-refractivity contribution < 1.29 is 4.42 Å². The summed E-state index contributed by atoms with van der Waals surface area (Å²) in [4.78, 5) is 7.81. The van der Waals surface area contributed by atoms with E-state index in [2.05, 4.69) is 52.9 Å². The summed E-state index contributed by atoms with van der Waals surface area (Å²) >= 11 is 0. The van der Waals surface area contributed by atoms with Crippen LogP contribution in [-0.4, -0.2) is 67.1 Å². The van der Waals surface area contributed by atoms with Gasteiger partial charge in [0.2, 0.25) is 0 Å².